The maximum absolute atomic E-state index is 12.4. The monoisotopic (exact) mass is 396 g/mol. The summed E-state index contributed by atoms with van der Waals surface area (Å²) in [5.74, 6) is -2.97. The second-order valence-corrected chi connectivity index (χ2v) is 6.60. The predicted molar refractivity (Wildman–Crippen MR) is 99.9 cm³/mol. The van der Waals surface area contributed by atoms with Gasteiger partial charge in [-0.3, -0.25) is 19.2 Å². The van der Waals surface area contributed by atoms with Gasteiger partial charge in [0.15, 0.2) is 0 Å². The van der Waals surface area contributed by atoms with Crippen LogP contribution in [-0.2, 0) is 25.6 Å². The third-order valence-corrected chi connectivity index (χ3v) is 4.34. The highest BCUT2D eigenvalue weighted by Gasteiger charge is 2.26. The highest BCUT2D eigenvalue weighted by molar-refractivity contribution is 5.92. The molecule has 0 saturated carbocycles. The molecule has 0 saturated heterocycles. The van der Waals surface area contributed by atoms with Crippen molar-refractivity contribution in [1.29, 1.82) is 0 Å². The normalized spacial score (nSPS) is 15.0. The van der Waals surface area contributed by atoms with Crippen LogP contribution < -0.4 is 21.7 Å². The van der Waals surface area contributed by atoms with E-state index in [2.05, 4.69) is 25.9 Å². The van der Waals surface area contributed by atoms with Crippen LogP contribution >= 0.6 is 0 Å². The molecule has 1 rings (SSSR count). The van der Waals surface area contributed by atoms with E-state index in [4.69, 9.17) is 10.8 Å². The number of hydrogen-bond donors (Lipinski definition) is 6. The van der Waals surface area contributed by atoms with Gasteiger partial charge in [0.2, 0.25) is 17.7 Å². The Hall–Kier alpha value is -2.95. The molecule has 1 aromatic heterocycles. The highest BCUT2D eigenvalue weighted by atomic mass is 16.4. The molecular formula is C17H28N6O5. The number of aromatic amines is 1. The molecule has 0 aliphatic heterocycles. The van der Waals surface area contributed by atoms with Crippen molar-refractivity contribution >= 4 is 23.7 Å². The zero-order valence-electron chi connectivity index (χ0n) is 16.2. The van der Waals surface area contributed by atoms with Crippen LogP contribution in [0.5, 0.6) is 0 Å². The summed E-state index contributed by atoms with van der Waals surface area (Å²) in [6, 6.07) is -2.91. The van der Waals surface area contributed by atoms with Gasteiger partial charge in [-0.15, -0.1) is 0 Å². The van der Waals surface area contributed by atoms with Gasteiger partial charge in [0, 0.05) is 18.3 Å². The summed E-state index contributed by atoms with van der Waals surface area (Å²) >= 11 is 0. The Balaban J connectivity index is 2.68. The second-order valence-electron chi connectivity index (χ2n) is 6.60. The summed E-state index contributed by atoms with van der Waals surface area (Å²) in [5, 5.41) is 16.2. The van der Waals surface area contributed by atoms with E-state index in [0.717, 1.165) is 6.42 Å². The Morgan fingerprint density at radius 1 is 1.21 bits per heavy atom. The molecule has 28 heavy (non-hydrogen) atoms. The minimum atomic E-state index is -1.20. The maximum atomic E-state index is 12.4. The van der Waals surface area contributed by atoms with Crippen LogP contribution in [0.15, 0.2) is 12.5 Å². The molecule has 0 fully saturated rings. The Kier molecular flexibility index (Phi) is 9.09. The Morgan fingerprint density at radius 2 is 1.89 bits per heavy atom. The average Bonchev–Trinajstić information content (AvgIpc) is 3.17. The third-order valence-electron chi connectivity index (χ3n) is 4.34. The summed E-state index contributed by atoms with van der Waals surface area (Å²) in [6.45, 7) is 4.69. The molecule has 0 bridgehead atoms. The Morgan fingerprint density at radius 3 is 2.43 bits per heavy atom. The van der Waals surface area contributed by atoms with Crippen LogP contribution in [0, 0.1) is 5.92 Å². The summed E-state index contributed by atoms with van der Waals surface area (Å²) in [4.78, 5) is 54.1. The van der Waals surface area contributed by atoms with Crippen LogP contribution in [0.2, 0.25) is 0 Å². The molecule has 156 valence electrons. The topological polar surface area (TPSA) is 179 Å². The molecule has 7 N–H and O–H groups in total. The van der Waals surface area contributed by atoms with Gasteiger partial charge >= 0.3 is 5.97 Å². The third kappa shape index (κ3) is 7.35. The first-order valence-corrected chi connectivity index (χ1v) is 8.98. The number of carboxylic acid groups (broad SMARTS) is 1. The minimum Gasteiger partial charge on any atom is -0.480 e. The number of nitrogens with two attached hydrogens (primary N) is 1. The van der Waals surface area contributed by atoms with Gasteiger partial charge in [0.1, 0.15) is 12.1 Å². The Labute approximate surface area is 162 Å². The standard InChI is InChI=1S/C17H28N6O5/c1-4-9(2)14(18)16(26)20-7-13(24)23-12(5-11-6-19-8-21-11)15(25)22-10(3)17(27)28/h6,8-10,12,14H,4-5,7,18H2,1-3H3,(H,19,21)(H,20,26)(H,22,25)(H,23,24)(H,27,28). The van der Waals surface area contributed by atoms with E-state index >= 15 is 0 Å². The summed E-state index contributed by atoms with van der Waals surface area (Å²) in [7, 11) is 0. The lowest BCUT2D eigenvalue weighted by molar-refractivity contribution is -0.141. The smallest absolute Gasteiger partial charge is 0.325 e. The number of aromatic nitrogens is 2. The lowest BCUT2D eigenvalue weighted by Crippen LogP contribution is -2.54. The number of hydrogen-bond acceptors (Lipinski definition) is 6. The molecule has 0 aliphatic rings. The Bertz CT molecular complexity index is 678. The van der Waals surface area contributed by atoms with Crippen molar-refractivity contribution in [3.05, 3.63) is 18.2 Å². The zero-order valence-corrected chi connectivity index (χ0v) is 16.2. The number of nitrogens with zero attached hydrogens (tertiary/aromatic N) is 1. The van der Waals surface area contributed by atoms with Crippen LogP contribution in [0.1, 0.15) is 32.9 Å². The van der Waals surface area contributed by atoms with Crippen LogP contribution in [-0.4, -0.2) is 63.4 Å². The number of carboxylic acids is 1. The van der Waals surface area contributed by atoms with E-state index in [9.17, 15) is 19.2 Å². The van der Waals surface area contributed by atoms with E-state index in [1.165, 1.54) is 19.4 Å². The molecule has 0 spiro atoms. The van der Waals surface area contributed by atoms with Gasteiger partial charge in [0.25, 0.3) is 0 Å². The van der Waals surface area contributed by atoms with Crippen molar-refractivity contribution in [2.75, 3.05) is 6.54 Å². The van der Waals surface area contributed by atoms with Gasteiger partial charge in [-0.25, -0.2) is 4.98 Å². The lowest BCUT2D eigenvalue weighted by Gasteiger charge is -2.21. The van der Waals surface area contributed by atoms with E-state index < -0.39 is 41.8 Å². The molecule has 11 nitrogen and oxygen atoms in total. The molecule has 0 aromatic carbocycles. The maximum Gasteiger partial charge on any atom is 0.325 e. The van der Waals surface area contributed by atoms with E-state index in [0.29, 0.717) is 5.69 Å². The number of carbonyl (C=O) groups excluding carboxylic acids is 3. The first-order chi connectivity index (χ1) is 13.1. The van der Waals surface area contributed by atoms with Crippen LogP contribution in [0.4, 0.5) is 0 Å². The molecule has 0 radical (unpaired) electrons. The zero-order chi connectivity index (χ0) is 21.3. The highest BCUT2D eigenvalue weighted by Crippen LogP contribution is 2.05. The van der Waals surface area contributed by atoms with Gasteiger partial charge in [0.05, 0.1) is 18.9 Å². The SMILES string of the molecule is CCC(C)C(N)C(=O)NCC(=O)NC(Cc1cnc[nH]1)C(=O)NC(C)C(=O)O. The van der Waals surface area contributed by atoms with E-state index in [1.54, 1.807) is 0 Å². The molecule has 0 aliphatic carbocycles. The number of nitrogens with one attached hydrogen (secondary N) is 4. The number of amides is 3. The number of H-pyrrole nitrogens is 1. The molecule has 11 heteroatoms. The number of carbonyl (C=O) groups is 4. The fourth-order valence-electron chi connectivity index (χ4n) is 2.24. The first-order valence-electron chi connectivity index (χ1n) is 8.98. The first kappa shape index (κ1) is 23.1. The number of rotatable bonds is 11. The predicted octanol–water partition coefficient (Wildman–Crippen LogP) is -1.48. The quantitative estimate of drug-likeness (QED) is 0.264. The van der Waals surface area contributed by atoms with Gasteiger partial charge < -0.3 is 31.8 Å². The van der Waals surface area contributed by atoms with E-state index in [-0.39, 0.29) is 18.9 Å². The van der Waals surface area contributed by atoms with Crippen molar-refractivity contribution in [2.45, 2.75) is 51.7 Å². The van der Waals surface area contributed by atoms with Gasteiger partial charge in [-0.05, 0) is 12.8 Å². The van der Waals surface area contributed by atoms with Crippen molar-refractivity contribution < 1.29 is 24.3 Å². The summed E-state index contributed by atoms with van der Waals surface area (Å²) in [6.07, 6.45) is 3.70. The van der Waals surface area contributed by atoms with Crippen molar-refractivity contribution in [3.63, 3.8) is 0 Å². The van der Waals surface area contributed by atoms with Crippen molar-refractivity contribution in [1.82, 2.24) is 25.9 Å². The van der Waals surface area contributed by atoms with Crippen LogP contribution in [0.3, 0.4) is 0 Å². The summed E-state index contributed by atoms with van der Waals surface area (Å²) < 4.78 is 0. The largest absolute Gasteiger partial charge is 0.480 e. The van der Waals surface area contributed by atoms with E-state index in [1.807, 2.05) is 13.8 Å². The average molecular weight is 396 g/mol. The molecule has 4 unspecified atom stereocenters. The molecule has 1 heterocycles. The number of aliphatic carboxylic acids is 1. The molecular weight excluding hydrogens is 368 g/mol. The molecule has 3 amide bonds. The van der Waals surface area contributed by atoms with Gasteiger partial charge in [-0.2, -0.15) is 0 Å². The molecule has 1 aromatic rings. The fourth-order valence-corrected chi connectivity index (χ4v) is 2.24. The van der Waals surface area contributed by atoms with Gasteiger partial charge in [-0.1, -0.05) is 20.3 Å². The lowest BCUT2D eigenvalue weighted by atomic mass is 9.99. The van der Waals surface area contributed by atoms with Crippen molar-refractivity contribution in [3.8, 4) is 0 Å². The summed E-state index contributed by atoms with van der Waals surface area (Å²) in [5.41, 5.74) is 6.38. The van der Waals surface area contributed by atoms with Crippen LogP contribution in [0.25, 0.3) is 0 Å². The molecule has 4 atom stereocenters. The number of imidazole rings is 1. The minimum absolute atomic E-state index is 0.0422. The fraction of sp³-hybridized carbons (Fsp3) is 0.588. The van der Waals surface area contributed by atoms with Crippen molar-refractivity contribution in [2.24, 2.45) is 11.7 Å². The second kappa shape index (κ2) is 11.0.